The van der Waals surface area contributed by atoms with Gasteiger partial charge in [0.15, 0.2) is 17.6 Å². The van der Waals surface area contributed by atoms with E-state index in [1.807, 2.05) is 19.1 Å². The molecule has 1 unspecified atom stereocenters. The van der Waals surface area contributed by atoms with E-state index in [9.17, 15) is 0 Å². The first-order valence-electron chi connectivity index (χ1n) is 6.34. The Labute approximate surface area is 126 Å². The molecule has 3 rings (SSSR count). The smallest absolute Gasteiger partial charge is 0.178 e. The Bertz CT molecular complexity index is 837. The summed E-state index contributed by atoms with van der Waals surface area (Å²) in [5.74, 6) is 1.28. The molecule has 2 heterocycles. The molecule has 0 aliphatic heterocycles. The zero-order valence-electron chi connectivity index (χ0n) is 11.2. The molecule has 3 aromatic rings. The van der Waals surface area contributed by atoms with Gasteiger partial charge in [-0.15, -0.1) is 10.2 Å². The highest BCUT2D eigenvalue weighted by atomic mass is 35.5. The molecule has 0 saturated carbocycles. The quantitative estimate of drug-likeness (QED) is 0.743. The third-order valence-electron chi connectivity index (χ3n) is 3.03. The first-order valence-corrected chi connectivity index (χ1v) is 6.72. The summed E-state index contributed by atoms with van der Waals surface area (Å²) in [4.78, 5) is 0. The second-order valence-corrected chi connectivity index (χ2v) is 4.97. The summed E-state index contributed by atoms with van der Waals surface area (Å²) in [7, 11) is 0. The summed E-state index contributed by atoms with van der Waals surface area (Å²) in [6.07, 6.45) is 1.37. The van der Waals surface area contributed by atoms with Gasteiger partial charge in [0.05, 0.1) is 5.56 Å². The van der Waals surface area contributed by atoms with Crippen LogP contribution >= 0.6 is 11.6 Å². The van der Waals surface area contributed by atoms with E-state index in [-0.39, 0.29) is 6.10 Å². The Kier molecular flexibility index (Phi) is 3.46. The van der Waals surface area contributed by atoms with E-state index in [1.54, 1.807) is 34.9 Å². The maximum Gasteiger partial charge on any atom is 0.178 e. The zero-order chi connectivity index (χ0) is 14.8. The molecule has 0 bridgehead atoms. The molecule has 0 radical (unpaired) electrons. The van der Waals surface area contributed by atoms with Crippen LogP contribution in [0.4, 0.5) is 0 Å². The topological polar surface area (TPSA) is 63.2 Å². The number of rotatable bonds is 3. The molecule has 0 N–H and O–H groups in total. The van der Waals surface area contributed by atoms with Crippen molar-refractivity contribution in [2.24, 2.45) is 0 Å². The Morgan fingerprint density at radius 2 is 2.14 bits per heavy atom. The highest BCUT2D eigenvalue weighted by Gasteiger charge is 2.15. The number of benzene rings is 1. The van der Waals surface area contributed by atoms with Crippen LogP contribution in [-0.4, -0.2) is 14.6 Å². The fraction of sp³-hybridized carbons (Fsp3) is 0.133. The van der Waals surface area contributed by atoms with Gasteiger partial charge in [-0.05, 0) is 37.3 Å². The van der Waals surface area contributed by atoms with E-state index < -0.39 is 0 Å². The maximum atomic E-state index is 8.98. The van der Waals surface area contributed by atoms with E-state index in [1.165, 1.54) is 0 Å². The lowest BCUT2D eigenvalue weighted by Gasteiger charge is -2.13. The molecule has 5 nitrogen and oxygen atoms in total. The predicted molar refractivity (Wildman–Crippen MR) is 78.2 cm³/mol. The maximum absolute atomic E-state index is 8.98. The van der Waals surface area contributed by atoms with Gasteiger partial charge < -0.3 is 4.74 Å². The Hall–Kier alpha value is -2.58. The Morgan fingerprint density at radius 3 is 2.90 bits per heavy atom. The first-order chi connectivity index (χ1) is 10.2. The van der Waals surface area contributed by atoms with Gasteiger partial charge >= 0.3 is 0 Å². The van der Waals surface area contributed by atoms with Gasteiger partial charge in [0.1, 0.15) is 11.8 Å². The number of nitrogens with zero attached hydrogens (tertiary/aromatic N) is 4. The van der Waals surface area contributed by atoms with E-state index in [4.69, 9.17) is 21.6 Å². The van der Waals surface area contributed by atoms with E-state index in [2.05, 4.69) is 16.3 Å². The molecule has 2 aromatic heterocycles. The van der Waals surface area contributed by atoms with Crippen molar-refractivity contribution in [3.63, 3.8) is 0 Å². The number of nitriles is 1. The molecular formula is C15H11ClN4O. The van der Waals surface area contributed by atoms with Gasteiger partial charge in [-0.1, -0.05) is 17.7 Å². The van der Waals surface area contributed by atoms with Gasteiger partial charge in [0.25, 0.3) is 0 Å². The van der Waals surface area contributed by atoms with Crippen LogP contribution in [-0.2, 0) is 0 Å². The van der Waals surface area contributed by atoms with Crippen molar-refractivity contribution in [3.8, 4) is 11.8 Å². The summed E-state index contributed by atoms with van der Waals surface area (Å²) in [6, 6.07) is 12.7. The van der Waals surface area contributed by atoms with Crippen LogP contribution in [0.5, 0.6) is 5.75 Å². The number of ether oxygens (including phenoxy) is 1. The standard InChI is InChI=1S/C15H11ClN4O/c1-10(21-13-4-2-3-12(16)7-13)15-19-18-14-6-5-11(8-17)9-20(14)15/h2-7,9-10H,1H3. The monoisotopic (exact) mass is 298 g/mol. The predicted octanol–water partition coefficient (Wildman–Crippen LogP) is 3.39. The lowest BCUT2D eigenvalue weighted by molar-refractivity contribution is 0.215. The van der Waals surface area contributed by atoms with Crippen LogP contribution < -0.4 is 4.74 Å². The molecule has 104 valence electrons. The highest BCUT2D eigenvalue weighted by Crippen LogP contribution is 2.23. The van der Waals surface area contributed by atoms with Crippen LogP contribution in [0.3, 0.4) is 0 Å². The molecule has 6 heteroatoms. The number of aromatic nitrogens is 3. The summed E-state index contributed by atoms with van der Waals surface area (Å²) >= 11 is 5.94. The second-order valence-electron chi connectivity index (χ2n) is 4.53. The molecule has 0 fully saturated rings. The summed E-state index contributed by atoms with van der Waals surface area (Å²) in [5.41, 5.74) is 1.21. The molecule has 1 atom stereocenters. The minimum Gasteiger partial charge on any atom is -0.483 e. The molecule has 0 spiro atoms. The number of pyridine rings is 1. The lowest BCUT2D eigenvalue weighted by Crippen LogP contribution is -2.08. The lowest BCUT2D eigenvalue weighted by atomic mass is 10.3. The first kappa shape index (κ1) is 13.4. The molecule has 1 aromatic carbocycles. The second kappa shape index (κ2) is 5.43. The van der Waals surface area contributed by atoms with Crippen molar-refractivity contribution < 1.29 is 4.74 Å². The van der Waals surface area contributed by atoms with Crippen LogP contribution in [0.15, 0.2) is 42.6 Å². The summed E-state index contributed by atoms with van der Waals surface area (Å²) < 4.78 is 7.59. The molecule has 0 saturated heterocycles. The molecule has 0 aliphatic rings. The van der Waals surface area contributed by atoms with Crippen molar-refractivity contribution >= 4 is 17.2 Å². The molecule has 0 aliphatic carbocycles. The number of halogens is 1. The fourth-order valence-corrected chi connectivity index (χ4v) is 2.23. The zero-order valence-corrected chi connectivity index (χ0v) is 11.9. The largest absolute Gasteiger partial charge is 0.483 e. The third-order valence-corrected chi connectivity index (χ3v) is 3.27. The molecule has 0 amide bonds. The van der Waals surface area contributed by atoms with E-state index >= 15 is 0 Å². The fourth-order valence-electron chi connectivity index (χ4n) is 2.05. The van der Waals surface area contributed by atoms with Crippen LogP contribution in [0, 0.1) is 11.3 Å². The van der Waals surface area contributed by atoms with Crippen molar-refractivity contribution in [2.45, 2.75) is 13.0 Å². The third kappa shape index (κ3) is 2.67. The van der Waals surface area contributed by atoms with Crippen LogP contribution in [0.1, 0.15) is 24.4 Å². The van der Waals surface area contributed by atoms with Crippen LogP contribution in [0.2, 0.25) is 5.02 Å². The average Bonchev–Trinajstić information content (AvgIpc) is 2.90. The minimum atomic E-state index is -0.326. The van der Waals surface area contributed by atoms with Gasteiger partial charge in [0.2, 0.25) is 0 Å². The van der Waals surface area contributed by atoms with Crippen molar-refractivity contribution in [1.29, 1.82) is 5.26 Å². The van der Waals surface area contributed by atoms with Gasteiger partial charge in [0, 0.05) is 11.2 Å². The number of hydrogen-bond donors (Lipinski definition) is 0. The summed E-state index contributed by atoms with van der Waals surface area (Å²) in [6.45, 7) is 1.87. The van der Waals surface area contributed by atoms with Gasteiger partial charge in [-0.25, -0.2) is 0 Å². The van der Waals surface area contributed by atoms with E-state index in [0.29, 0.717) is 27.8 Å². The normalized spacial score (nSPS) is 12.0. The number of hydrogen-bond acceptors (Lipinski definition) is 4. The number of fused-ring (bicyclic) bond motifs is 1. The van der Waals surface area contributed by atoms with Crippen molar-refractivity contribution in [3.05, 3.63) is 59.0 Å². The van der Waals surface area contributed by atoms with Crippen molar-refractivity contribution in [1.82, 2.24) is 14.6 Å². The minimum absolute atomic E-state index is 0.326. The average molecular weight is 299 g/mol. The Balaban J connectivity index is 1.94. The van der Waals surface area contributed by atoms with Crippen LogP contribution in [0.25, 0.3) is 5.65 Å². The SMILES string of the molecule is CC(Oc1cccc(Cl)c1)c1nnc2ccc(C#N)cn12. The summed E-state index contributed by atoms with van der Waals surface area (Å²) in [5, 5.41) is 17.8. The highest BCUT2D eigenvalue weighted by molar-refractivity contribution is 6.30. The molecule has 21 heavy (non-hydrogen) atoms. The molecular weight excluding hydrogens is 288 g/mol. The van der Waals surface area contributed by atoms with Gasteiger partial charge in [-0.2, -0.15) is 5.26 Å². The van der Waals surface area contributed by atoms with Crippen molar-refractivity contribution in [2.75, 3.05) is 0 Å². The van der Waals surface area contributed by atoms with E-state index in [0.717, 1.165) is 0 Å². The van der Waals surface area contributed by atoms with Gasteiger partial charge in [-0.3, -0.25) is 4.40 Å². The Morgan fingerprint density at radius 1 is 1.29 bits per heavy atom.